The summed E-state index contributed by atoms with van der Waals surface area (Å²) < 4.78 is 5.31. The first-order valence-corrected chi connectivity index (χ1v) is 6.28. The van der Waals surface area contributed by atoms with Gasteiger partial charge in [-0.25, -0.2) is 0 Å². The number of hydrogen-bond donors (Lipinski definition) is 1. The molecule has 1 rings (SSSR count). The first-order valence-electron chi connectivity index (χ1n) is 6.28. The molecule has 0 fully saturated rings. The van der Waals surface area contributed by atoms with Gasteiger partial charge in [0.05, 0.1) is 12.5 Å². The van der Waals surface area contributed by atoms with Crippen molar-refractivity contribution in [2.75, 3.05) is 7.11 Å². The van der Waals surface area contributed by atoms with Gasteiger partial charge in [0.15, 0.2) is 0 Å². The van der Waals surface area contributed by atoms with E-state index in [2.05, 4.69) is 13.8 Å². The van der Waals surface area contributed by atoms with Gasteiger partial charge in [-0.2, -0.15) is 0 Å². The van der Waals surface area contributed by atoms with Gasteiger partial charge in [-0.1, -0.05) is 32.9 Å². The van der Waals surface area contributed by atoms with Crippen LogP contribution in [0.4, 0.5) is 0 Å². The van der Waals surface area contributed by atoms with E-state index in [0.717, 1.165) is 11.1 Å². The van der Waals surface area contributed by atoms with Crippen LogP contribution < -0.4 is 4.74 Å². The first kappa shape index (κ1) is 14.6. The summed E-state index contributed by atoms with van der Waals surface area (Å²) in [5.74, 6) is 0.194. The smallest absolute Gasteiger partial charge is 0.313 e. The maximum absolute atomic E-state index is 11.5. The van der Waals surface area contributed by atoms with Gasteiger partial charge in [-0.3, -0.25) is 4.79 Å². The van der Waals surface area contributed by atoms with Crippen molar-refractivity contribution >= 4 is 5.97 Å². The lowest BCUT2D eigenvalue weighted by molar-refractivity contribution is -0.143. The molecule has 0 bridgehead atoms. The highest BCUT2D eigenvalue weighted by atomic mass is 16.5. The standard InChI is InChI=1S/C15H22O3/c1-6-15(4,14(16)17)12-9-11(10(2)3)7-8-13(12)18-5/h7-10H,6H2,1-5H3,(H,16,17). The molecule has 0 spiro atoms. The van der Waals surface area contributed by atoms with Crippen LogP contribution >= 0.6 is 0 Å². The van der Waals surface area contributed by atoms with E-state index in [0.29, 0.717) is 18.1 Å². The molecule has 0 aliphatic carbocycles. The number of carboxylic acid groups (broad SMARTS) is 1. The SMILES string of the molecule is CCC(C)(C(=O)O)c1cc(C(C)C)ccc1OC. The van der Waals surface area contributed by atoms with Crippen molar-refractivity contribution in [2.45, 2.75) is 45.4 Å². The average Bonchev–Trinajstić information content (AvgIpc) is 2.36. The molecule has 0 saturated heterocycles. The van der Waals surface area contributed by atoms with Gasteiger partial charge in [0, 0.05) is 5.56 Å². The third-order valence-electron chi connectivity index (χ3n) is 3.66. The fraction of sp³-hybridized carbons (Fsp3) is 0.533. The molecule has 0 aliphatic heterocycles. The maximum Gasteiger partial charge on any atom is 0.313 e. The molecule has 1 unspecified atom stereocenters. The Bertz CT molecular complexity index is 437. The van der Waals surface area contributed by atoms with Crippen LogP contribution in [0.1, 0.15) is 51.2 Å². The number of methoxy groups -OCH3 is 1. The van der Waals surface area contributed by atoms with E-state index in [-0.39, 0.29) is 0 Å². The Balaban J connectivity index is 3.44. The fourth-order valence-electron chi connectivity index (χ4n) is 1.97. The Labute approximate surface area is 109 Å². The average molecular weight is 250 g/mol. The number of carbonyl (C=O) groups is 1. The number of ether oxygens (including phenoxy) is 1. The minimum Gasteiger partial charge on any atom is -0.496 e. The maximum atomic E-state index is 11.5. The molecule has 1 aromatic rings. The number of carboxylic acids is 1. The second-order valence-corrected chi connectivity index (χ2v) is 5.11. The first-order chi connectivity index (χ1) is 8.36. The molecule has 100 valence electrons. The van der Waals surface area contributed by atoms with Gasteiger partial charge in [0.2, 0.25) is 0 Å². The molecule has 0 aromatic heterocycles. The van der Waals surface area contributed by atoms with E-state index in [4.69, 9.17) is 4.74 Å². The molecule has 0 radical (unpaired) electrons. The van der Waals surface area contributed by atoms with Crippen molar-refractivity contribution in [1.29, 1.82) is 0 Å². The van der Waals surface area contributed by atoms with E-state index >= 15 is 0 Å². The van der Waals surface area contributed by atoms with Gasteiger partial charge >= 0.3 is 5.97 Å². The predicted molar refractivity (Wildman–Crippen MR) is 72.4 cm³/mol. The molecule has 0 amide bonds. The van der Waals surface area contributed by atoms with E-state index in [1.807, 2.05) is 25.1 Å². The van der Waals surface area contributed by atoms with E-state index in [1.165, 1.54) is 0 Å². The van der Waals surface area contributed by atoms with Crippen molar-refractivity contribution in [3.8, 4) is 5.75 Å². The monoisotopic (exact) mass is 250 g/mol. The summed E-state index contributed by atoms with van der Waals surface area (Å²) in [5.41, 5.74) is 0.980. The van der Waals surface area contributed by atoms with Crippen LogP contribution in [-0.4, -0.2) is 18.2 Å². The number of aliphatic carboxylic acids is 1. The highest BCUT2D eigenvalue weighted by molar-refractivity contribution is 5.82. The van der Waals surface area contributed by atoms with E-state index < -0.39 is 11.4 Å². The third kappa shape index (κ3) is 2.50. The van der Waals surface area contributed by atoms with Gasteiger partial charge < -0.3 is 9.84 Å². The van der Waals surface area contributed by atoms with Crippen molar-refractivity contribution in [3.05, 3.63) is 29.3 Å². The molecule has 3 nitrogen and oxygen atoms in total. The second-order valence-electron chi connectivity index (χ2n) is 5.11. The van der Waals surface area contributed by atoms with Gasteiger partial charge in [-0.15, -0.1) is 0 Å². The van der Waals surface area contributed by atoms with Crippen molar-refractivity contribution < 1.29 is 14.6 Å². The highest BCUT2D eigenvalue weighted by Crippen LogP contribution is 2.36. The fourth-order valence-corrected chi connectivity index (χ4v) is 1.97. The quantitative estimate of drug-likeness (QED) is 0.869. The minimum absolute atomic E-state index is 0.365. The number of benzene rings is 1. The molecule has 0 heterocycles. The molecule has 3 heteroatoms. The molecule has 1 atom stereocenters. The van der Waals surface area contributed by atoms with Crippen molar-refractivity contribution in [3.63, 3.8) is 0 Å². The van der Waals surface area contributed by atoms with E-state index in [1.54, 1.807) is 14.0 Å². The molecular weight excluding hydrogens is 228 g/mol. The summed E-state index contributed by atoms with van der Waals surface area (Å²) in [5, 5.41) is 9.48. The summed E-state index contributed by atoms with van der Waals surface area (Å²) in [4.78, 5) is 11.5. The predicted octanol–water partition coefficient (Wildman–Crippen LogP) is 3.57. The third-order valence-corrected chi connectivity index (χ3v) is 3.66. The summed E-state index contributed by atoms with van der Waals surface area (Å²) in [6.07, 6.45) is 0.528. The van der Waals surface area contributed by atoms with Gasteiger partial charge in [-0.05, 0) is 30.9 Å². The molecular formula is C15H22O3. The molecule has 0 saturated carbocycles. The van der Waals surface area contributed by atoms with Crippen molar-refractivity contribution in [2.24, 2.45) is 0 Å². The minimum atomic E-state index is -0.907. The summed E-state index contributed by atoms with van der Waals surface area (Å²) in [7, 11) is 1.58. The van der Waals surface area contributed by atoms with Crippen molar-refractivity contribution in [1.82, 2.24) is 0 Å². The second kappa shape index (κ2) is 5.42. The molecule has 18 heavy (non-hydrogen) atoms. The molecule has 1 aromatic carbocycles. The normalized spacial score (nSPS) is 14.3. The van der Waals surface area contributed by atoms with E-state index in [9.17, 15) is 9.90 Å². The number of hydrogen-bond acceptors (Lipinski definition) is 2. The Morgan fingerprint density at radius 2 is 2.06 bits per heavy atom. The van der Waals surface area contributed by atoms with Crippen LogP contribution in [0.25, 0.3) is 0 Å². The molecule has 1 N–H and O–H groups in total. The lowest BCUT2D eigenvalue weighted by Crippen LogP contribution is -2.32. The van der Waals surface area contributed by atoms with Crippen LogP contribution in [0.5, 0.6) is 5.75 Å². The van der Waals surface area contributed by atoms with Crippen LogP contribution in [0, 0.1) is 0 Å². The van der Waals surface area contributed by atoms with Crippen LogP contribution in [0.15, 0.2) is 18.2 Å². The van der Waals surface area contributed by atoms with Gasteiger partial charge in [0.1, 0.15) is 5.75 Å². The Morgan fingerprint density at radius 1 is 1.44 bits per heavy atom. The Kier molecular flexibility index (Phi) is 4.38. The largest absolute Gasteiger partial charge is 0.496 e. The zero-order chi connectivity index (χ0) is 13.9. The lowest BCUT2D eigenvalue weighted by Gasteiger charge is -2.26. The molecule has 0 aliphatic rings. The zero-order valence-corrected chi connectivity index (χ0v) is 11.8. The van der Waals surface area contributed by atoms with Crippen LogP contribution in [-0.2, 0) is 10.2 Å². The Morgan fingerprint density at radius 3 is 2.44 bits per heavy atom. The summed E-state index contributed by atoms with van der Waals surface area (Å²) in [6.45, 7) is 7.82. The Hall–Kier alpha value is -1.51. The van der Waals surface area contributed by atoms with Gasteiger partial charge in [0.25, 0.3) is 0 Å². The summed E-state index contributed by atoms with van der Waals surface area (Å²) >= 11 is 0. The summed E-state index contributed by atoms with van der Waals surface area (Å²) in [6, 6.07) is 5.81. The van der Waals surface area contributed by atoms with Crippen LogP contribution in [0.3, 0.4) is 0 Å². The zero-order valence-electron chi connectivity index (χ0n) is 11.8. The topological polar surface area (TPSA) is 46.5 Å². The number of rotatable bonds is 5. The highest BCUT2D eigenvalue weighted by Gasteiger charge is 2.36. The lowest BCUT2D eigenvalue weighted by atomic mass is 9.78. The van der Waals surface area contributed by atoms with Crippen LogP contribution in [0.2, 0.25) is 0 Å².